The number of rotatable bonds is 3. The minimum Gasteiger partial charge on any atom is -0.481 e. The fraction of sp³-hybridized carbons (Fsp3) is 0.222. The zero-order chi connectivity index (χ0) is 10.7. The van der Waals surface area contributed by atoms with Crippen LogP contribution in [0.3, 0.4) is 0 Å². The molecule has 14 heavy (non-hydrogen) atoms. The average Bonchev–Trinajstić information content (AvgIpc) is 2.08. The Morgan fingerprint density at radius 1 is 1.50 bits per heavy atom. The van der Waals surface area contributed by atoms with Crippen molar-refractivity contribution in [1.29, 1.82) is 0 Å². The van der Waals surface area contributed by atoms with Gasteiger partial charge in [0.2, 0.25) is 0 Å². The number of carbonyl (C=O) groups is 1. The van der Waals surface area contributed by atoms with Crippen molar-refractivity contribution < 1.29 is 9.90 Å². The summed E-state index contributed by atoms with van der Waals surface area (Å²) in [7, 11) is 0. The van der Waals surface area contributed by atoms with Gasteiger partial charge in [-0.25, -0.2) is 0 Å². The first kappa shape index (κ1) is 11.3. The lowest BCUT2D eigenvalue weighted by atomic mass is 10.1. The molecular formula is C9H9Cl2NO2. The molecule has 0 aliphatic heterocycles. The van der Waals surface area contributed by atoms with Gasteiger partial charge in [0, 0.05) is 16.1 Å². The van der Waals surface area contributed by atoms with E-state index in [-0.39, 0.29) is 6.42 Å². The van der Waals surface area contributed by atoms with E-state index in [9.17, 15) is 4.79 Å². The highest BCUT2D eigenvalue weighted by Gasteiger charge is 2.13. The third-order valence-corrected chi connectivity index (χ3v) is 2.33. The SMILES string of the molecule is NC(CC(=O)O)c1cc(Cl)ccc1Cl. The fourth-order valence-corrected chi connectivity index (χ4v) is 1.54. The van der Waals surface area contributed by atoms with Crippen LogP contribution >= 0.6 is 23.2 Å². The Morgan fingerprint density at radius 2 is 2.14 bits per heavy atom. The molecule has 0 saturated carbocycles. The summed E-state index contributed by atoms with van der Waals surface area (Å²) in [6.45, 7) is 0. The van der Waals surface area contributed by atoms with Crippen LogP contribution < -0.4 is 5.73 Å². The van der Waals surface area contributed by atoms with E-state index in [1.165, 1.54) is 0 Å². The molecule has 1 unspecified atom stereocenters. The molecule has 0 amide bonds. The molecule has 0 aromatic heterocycles. The number of hydrogen-bond donors (Lipinski definition) is 2. The summed E-state index contributed by atoms with van der Waals surface area (Å²) in [4.78, 5) is 10.4. The van der Waals surface area contributed by atoms with E-state index in [0.717, 1.165) is 0 Å². The second kappa shape index (κ2) is 4.64. The molecule has 0 fully saturated rings. The second-order valence-corrected chi connectivity index (χ2v) is 3.71. The van der Waals surface area contributed by atoms with E-state index in [4.69, 9.17) is 34.0 Å². The molecule has 0 radical (unpaired) electrons. The third-order valence-electron chi connectivity index (χ3n) is 1.75. The Bertz CT molecular complexity index is 355. The summed E-state index contributed by atoms with van der Waals surface area (Å²) >= 11 is 11.6. The summed E-state index contributed by atoms with van der Waals surface area (Å²) in [5.41, 5.74) is 6.20. The van der Waals surface area contributed by atoms with Crippen LogP contribution in [-0.4, -0.2) is 11.1 Å². The van der Waals surface area contributed by atoms with Crippen LogP contribution in [0, 0.1) is 0 Å². The quantitative estimate of drug-likeness (QED) is 0.844. The summed E-state index contributed by atoms with van der Waals surface area (Å²) in [6.07, 6.45) is -0.167. The predicted molar refractivity (Wildman–Crippen MR) is 55.6 cm³/mol. The molecular weight excluding hydrogens is 225 g/mol. The van der Waals surface area contributed by atoms with Gasteiger partial charge in [-0.1, -0.05) is 23.2 Å². The standard InChI is InChI=1S/C9H9Cl2NO2/c10-5-1-2-7(11)6(3-5)8(12)4-9(13)14/h1-3,8H,4,12H2,(H,13,14). The van der Waals surface area contributed by atoms with Gasteiger partial charge in [-0.3, -0.25) is 4.79 Å². The van der Waals surface area contributed by atoms with Gasteiger partial charge in [-0.05, 0) is 23.8 Å². The lowest BCUT2D eigenvalue weighted by Crippen LogP contribution is -2.15. The van der Waals surface area contributed by atoms with Crippen LogP contribution in [0.5, 0.6) is 0 Å². The first-order valence-electron chi connectivity index (χ1n) is 3.93. The van der Waals surface area contributed by atoms with Gasteiger partial charge < -0.3 is 10.8 Å². The van der Waals surface area contributed by atoms with Crippen molar-refractivity contribution in [3.63, 3.8) is 0 Å². The van der Waals surface area contributed by atoms with Gasteiger partial charge in [0.25, 0.3) is 0 Å². The van der Waals surface area contributed by atoms with Crippen LogP contribution in [0.2, 0.25) is 10.0 Å². The molecule has 3 nitrogen and oxygen atoms in total. The summed E-state index contributed by atoms with van der Waals surface area (Å²) in [5.74, 6) is -0.964. The van der Waals surface area contributed by atoms with Gasteiger partial charge in [0.15, 0.2) is 0 Å². The summed E-state index contributed by atoms with van der Waals surface area (Å²) < 4.78 is 0. The van der Waals surface area contributed by atoms with Crippen LogP contribution in [0.4, 0.5) is 0 Å². The fourth-order valence-electron chi connectivity index (χ4n) is 1.10. The van der Waals surface area contributed by atoms with Crippen molar-refractivity contribution in [2.24, 2.45) is 5.73 Å². The number of carboxylic acids is 1. The maximum atomic E-state index is 10.4. The molecule has 0 saturated heterocycles. The average molecular weight is 234 g/mol. The van der Waals surface area contributed by atoms with Crippen LogP contribution in [0.25, 0.3) is 0 Å². The van der Waals surface area contributed by atoms with Crippen molar-refractivity contribution in [3.8, 4) is 0 Å². The van der Waals surface area contributed by atoms with E-state index in [1.807, 2.05) is 0 Å². The van der Waals surface area contributed by atoms with Crippen LogP contribution in [-0.2, 0) is 4.79 Å². The highest BCUT2D eigenvalue weighted by molar-refractivity contribution is 6.33. The summed E-state index contributed by atoms with van der Waals surface area (Å²) in [6, 6.07) is 4.18. The van der Waals surface area contributed by atoms with E-state index in [0.29, 0.717) is 15.6 Å². The molecule has 0 heterocycles. The van der Waals surface area contributed by atoms with Crippen molar-refractivity contribution in [1.82, 2.24) is 0 Å². The number of carboxylic acid groups (broad SMARTS) is 1. The first-order valence-corrected chi connectivity index (χ1v) is 4.68. The van der Waals surface area contributed by atoms with Crippen LogP contribution in [0.15, 0.2) is 18.2 Å². The number of nitrogens with two attached hydrogens (primary N) is 1. The lowest BCUT2D eigenvalue weighted by molar-refractivity contribution is -0.137. The largest absolute Gasteiger partial charge is 0.481 e. The molecule has 0 aliphatic rings. The third kappa shape index (κ3) is 2.87. The monoisotopic (exact) mass is 233 g/mol. The maximum Gasteiger partial charge on any atom is 0.305 e. The molecule has 0 spiro atoms. The van der Waals surface area contributed by atoms with Gasteiger partial charge >= 0.3 is 5.97 Å². The Hall–Kier alpha value is -0.770. The predicted octanol–water partition coefficient (Wildman–Crippen LogP) is 2.47. The molecule has 0 aliphatic carbocycles. The van der Waals surface area contributed by atoms with Crippen molar-refractivity contribution in [2.75, 3.05) is 0 Å². The van der Waals surface area contributed by atoms with Crippen molar-refractivity contribution in [2.45, 2.75) is 12.5 Å². The molecule has 1 aromatic rings. The maximum absolute atomic E-state index is 10.4. The van der Waals surface area contributed by atoms with Crippen molar-refractivity contribution >= 4 is 29.2 Å². The number of benzene rings is 1. The normalized spacial score (nSPS) is 12.5. The molecule has 5 heteroatoms. The molecule has 1 atom stereocenters. The number of hydrogen-bond acceptors (Lipinski definition) is 2. The Morgan fingerprint density at radius 3 is 2.71 bits per heavy atom. The van der Waals surface area contributed by atoms with E-state index in [2.05, 4.69) is 0 Å². The Balaban J connectivity index is 2.93. The minimum atomic E-state index is -0.964. The molecule has 0 bridgehead atoms. The zero-order valence-corrected chi connectivity index (χ0v) is 8.72. The summed E-state index contributed by atoms with van der Waals surface area (Å²) in [5, 5.41) is 9.47. The van der Waals surface area contributed by atoms with E-state index in [1.54, 1.807) is 18.2 Å². The molecule has 1 aromatic carbocycles. The van der Waals surface area contributed by atoms with Gasteiger partial charge in [-0.2, -0.15) is 0 Å². The van der Waals surface area contributed by atoms with E-state index < -0.39 is 12.0 Å². The highest BCUT2D eigenvalue weighted by Crippen LogP contribution is 2.26. The number of halogens is 2. The first-order chi connectivity index (χ1) is 6.50. The van der Waals surface area contributed by atoms with Gasteiger partial charge in [-0.15, -0.1) is 0 Å². The van der Waals surface area contributed by atoms with E-state index >= 15 is 0 Å². The Kier molecular flexibility index (Phi) is 3.75. The topological polar surface area (TPSA) is 63.3 Å². The smallest absolute Gasteiger partial charge is 0.305 e. The number of aliphatic carboxylic acids is 1. The van der Waals surface area contributed by atoms with Crippen molar-refractivity contribution in [3.05, 3.63) is 33.8 Å². The molecule has 1 rings (SSSR count). The van der Waals surface area contributed by atoms with Gasteiger partial charge in [0.1, 0.15) is 0 Å². The minimum absolute atomic E-state index is 0.167. The second-order valence-electron chi connectivity index (χ2n) is 2.87. The lowest BCUT2D eigenvalue weighted by Gasteiger charge is -2.11. The van der Waals surface area contributed by atoms with Gasteiger partial charge in [0.05, 0.1) is 6.42 Å². The zero-order valence-electron chi connectivity index (χ0n) is 7.21. The molecule has 3 N–H and O–H groups in total. The highest BCUT2D eigenvalue weighted by atomic mass is 35.5. The Labute approximate surface area is 91.4 Å². The molecule has 76 valence electrons. The van der Waals surface area contributed by atoms with Crippen LogP contribution in [0.1, 0.15) is 18.0 Å².